The van der Waals surface area contributed by atoms with Gasteiger partial charge in [0.05, 0.1) is 19.8 Å². The summed E-state index contributed by atoms with van der Waals surface area (Å²) in [7, 11) is 3.32. The Labute approximate surface area is 114 Å². The van der Waals surface area contributed by atoms with Gasteiger partial charge in [0, 0.05) is 6.04 Å². The zero-order valence-electron chi connectivity index (χ0n) is 11.5. The molecule has 0 saturated heterocycles. The predicted molar refractivity (Wildman–Crippen MR) is 77.6 cm³/mol. The highest BCUT2D eigenvalue weighted by atomic mass is 16.5. The summed E-state index contributed by atoms with van der Waals surface area (Å²) in [4.78, 5) is 0. The summed E-state index contributed by atoms with van der Waals surface area (Å²) < 4.78 is 10.9. The third kappa shape index (κ3) is 2.71. The molecule has 100 valence electrons. The Bertz CT molecular complexity index is 542. The predicted octanol–water partition coefficient (Wildman–Crippen LogP) is 3.39. The summed E-state index contributed by atoms with van der Waals surface area (Å²) in [6, 6.07) is 13.9. The van der Waals surface area contributed by atoms with Crippen LogP contribution in [0.25, 0.3) is 11.1 Å². The van der Waals surface area contributed by atoms with Crippen LogP contribution in [-0.2, 0) is 0 Å². The van der Waals surface area contributed by atoms with Gasteiger partial charge in [-0.05, 0) is 36.2 Å². The van der Waals surface area contributed by atoms with E-state index >= 15 is 0 Å². The first-order chi connectivity index (χ1) is 9.17. The first-order valence-corrected chi connectivity index (χ1v) is 6.24. The molecule has 0 bridgehead atoms. The van der Waals surface area contributed by atoms with E-state index in [4.69, 9.17) is 15.2 Å². The number of hydrogen-bond acceptors (Lipinski definition) is 3. The Kier molecular flexibility index (Phi) is 4.07. The van der Waals surface area contributed by atoms with Crippen molar-refractivity contribution in [2.75, 3.05) is 14.2 Å². The lowest BCUT2D eigenvalue weighted by molar-refractivity contribution is 0.397. The fourth-order valence-corrected chi connectivity index (χ4v) is 2.11. The normalized spacial score (nSPS) is 12.0. The smallest absolute Gasteiger partial charge is 0.130 e. The number of benzene rings is 2. The molecule has 2 rings (SSSR count). The fourth-order valence-electron chi connectivity index (χ4n) is 2.11. The van der Waals surface area contributed by atoms with Crippen molar-refractivity contribution in [3.05, 3.63) is 48.0 Å². The van der Waals surface area contributed by atoms with E-state index in [0.717, 1.165) is 28.2 Å². The average molecular weight is 257 g/mol. The molecule has 19 heavy (non-hydrogen) atoms. The maximum atomic E-state index is 5.94. The molecule has 0 fully saturated rings. The molecule has 0 aromatic heterocycles. The molecular weight excluding hydrogens is 238 g/mol. The van der Waals surface area contributed by atoms with Crippen molar-refractivity contribution in [3.8, 4) is 22.6 Å². The Hall–Kier alpha value is -2.00. The first-order valence-electron chi connectivity index (χ1n) is 6.24. The molecule has 0 saturated carbocycles. The van der Waals surface area contributed by atoms with E-state index in [0.29, 0.717) is 0 Å². The van der Waals surface area contributed by atoms with Crippen molar-refractivity contribution in [2.45, 2.75) is 13.0 Å². The molecule has 2 aromatic carbocycles. The van der Waals surface area contributed by atoms with Gasteiger partial charge in [0.2, 0.25) is 0 Å². The van der Waals surface area contributed by atoms with Crippen LogP contribution in [0.1, 0.15) is 18.5 Å². The van der Waals surface area contributed by atoms with E-state index in [1.807, 2.05) is 43.3 Å². The van der Waals surface area contributed by atoms with E-state index in [1.165, 1.54) is 0 Å². The van der Waals surface area contributed by atoms with Crippen molar-refractivity contribution >= 4 is 0 Å². The van der Waals surface area contributed by atoms with Crippen LogP contribution in [0.4, 0.5) is 0 Å². The zero-order chi connectivity index (χ0) is 13.8. The SMILES string of the molecule is COc1cccc(OC)c1-c1cccc([C@@H](C)N)c1. The summed E-state index contributed by atoms with van der Waals surface area (Å²) >= 11 is 0. The molecule has 2 aromatic rings. The third-order valence-electron chi connectivity index (χ3n) is 3.13. The van der Waals surface area contributed by atoms with Gasteiger partial charge < -0.3 is 15.2 Å². The Morgan fingerprint density at radius 2 is 1.53 bits per heavy atom. The van der Waals surface area contributed by atoms with Crippen LogP contribution >= 0.6 is 0 Å². The van der Waals surface area contributed by atoms with E-state index in [2.05, 4.69) is 6.07 Å². The van der Waals surface area contributed by atoms with Gasteiger partial charge in [-0.1, -0.05) is 24.3 Å². The highest BCUT2D eigenvalue weighted by Gasteiger charge is 2.13. The van der Waals surface area contributed by atoms with Crippen molar-refractivity contribution in [1.29, 1.82) is 0 Å². The average Bonchev–Trinajstić information content (AvgIpc) is 2.46. The second kappa shape index (κ2) is 5.76. The van der Waals surface area contributed by atoms with Gasteiger partial charge in [-0.2, -0.15) is 0 Å². The van der Waals surface area contributed by atoms with Crippen LogP contribution in [-0.4, -0.2) is 14.2 Å². The highest BCUT2D eigenvalue weighted by molar-refractivity contribution is 5.77. The van der Waals surface area contributed by atoms with Gasteiger partial charge in [0.15, 0.2) is 0 Å². The van der Waals surface area contributed by atoms with Crippen LogP contribution in [0.3, 0.4) is 0 Å². The van der Waals surface area contributed by atoms with Crippen molar-refractivity contribution in [3.63, 3.8) is 0 Å². The number of ether oxygens (including phenoxy) is 2. The molecule has 1 atom stereocenters. The maximum Gasteiger partial charge on any atom is 0.130 e. The Morgan fingerprint density at radius 3 is 2.05 bits per heavy atom. The topological polar surface area (TPSA) is 44.5 Å². The van der Waals surface area contributed by atoms with Gasteiger partial charge in [-0.15, -0.1) is 0 Å². The lowest BCUT2D eigenvalue weighted by Gasteiger charge is -2.14. The van der Waals surface area contributed by atoms with E-state index < -0.39 is 0 Å². The minimum absolute atomic E-state index is 0.000604. The number of rotatable bonds is 4. The molecule has 0 unspecified atom stereocenters. The van der Waals surface area contributed by atoms with Gasteiger partial charge in [0.1, 0.15) is 11.5 Å². The lowest BCUT2D eigenvalue weighted by Crippen LogP contribution is -2.04. The standard InChI is InChI=1S/C16H19NO2/c1-11(17)12-6-4-7-13(10-12)16-14(18-2)8-5-9-15(16)19-3/h4-11H,17H2,1-3H3/t11-/m1/s1. The van der Waals surface area contributed by atoms with Crippen molar-refractivity contribution < 1.29 is 9.47 Å². The van der Waals surface area contributed by atoms with Gasteiger partial charge in [-0.25, -0.2) is 0 Å². The van der Waals surface area contributed by atoms with Crippen LogP contribution < -0.4 is 15.2 Å². The molecule has 2 N–H and O–H groups in total. The number of methoxy groups -OCH3 is 2. The third-order valence-corrected chi connectivity index (χ3v) is 3.13. The zero-order valence-corrected chi connectivity index (χ0v) is 11.5. The maximum absolute atomic E-state index is 5.94. The lowest BCUT2D eigenvalue weighted by atomic mass is 9.99. The fraction of sp³-hybridized carbons (Fsp3) is 0.250. The van der Waals surface area contributed by atoms with E-state index in [-0.39, 0.29) is 6.04 Å². The summed E-state index contributed by atoms with van der Waals surface area (Å²) in [5, 5.41) is 0. The highest BCUT2D eigenvalue weighted by Crippen LogP contribution is 2.38. The molecule has 0 amide bonds. The summed E-state index contributed by atoms with van der Waals surface area (Å²) in [6.07, 6.45) is 0. The van der Waals surface area contributed by atoms with Crippen molar-refractivity contribution in [1.82, 2.24) is 0 Å². The molecule has 0 aliphatic heterocycles. The monoisotopic (exact) mass is 257 g/mol. The van der Waals surface area contributed by atoms with Crippen LogP contribution in [0.15, 0.2) is 42.5 Å². The van der Waals surface area contributed by atoms with Crippen LogP contribution in [0.5, 0.6) is 11.5 Å². The molecular formula is C16H19NO2. The molecule has 0 radical (unpaired) electrons. The quantitative estimate of drug-likeness (QED) is 0.913. The second-order valence-electron chi connectivity index (χ2n) is 4.45. The van der Waals surface area contributed by atoms with Gasteiger partial charge in [-0.3, -0.25) is 0 Å². The van der Waals surface area contributed by atoms with Crippen LogP contribution in [0, 0.1) is 0 Å². The van der Waals surface area contributed by atoms with E-state index in [9.17, 15) is 0 Å². The van der Waals surface area contributed by atoms with Gasteiger partial charge in [0.25, 0.3) is 0 Å². The molecule has 0 spiro atoms. The molecule has 3 nitrogen and oxygen atoms in total. The molecule has 3 heteroatoms. The second-order valence-corrected chi connectivity index (χ2v) is 4.45. The molecule has 0 aliphatic rings. The number of nitrogens with two attached hydrogens (primary N) is 1. The summed E-state index contributed by atoms with van der Waals surface area (Å²) in [5.41, 5.74) is 9.03. The van der Waals surface area contributed by atoms with E-state index in [1.54, 1.807) is 14.2 Å². The minimum atomic E-state index is 0.000604. The Morgan fingerprint density at radius 1 is 0.947 bits per heavy atom. The summed E-state index contributed by atoms with van der Waals surface area (Å²) in [6.45, 7) is 1.97. The molecule has 0 aliphatic carbocycles. The largest absolute Gasteiger partial charge is 0.496 e. The Balaban J connectivity index is 2.60. The molecule has 0 heterocycles. The van der Waals surface area contributed by atoms with Gasteiger partial charge >= 0.3 is 0 Å². The van der Waals surface area contributed by atoms with Crippen LogP contribution in [0.2, 0.25) is 0 Å². The summed E-state index contributed by atoms with van der Waals surface area (Å²) in [5.74, 6) is 1.59. The first kappa shape index (κ1) is 13.4. The van der Waals surface area contributed by atoms with Crippen molar-refractivity contribution in [2.24, 2.45) is 5.73 Å². The number of hydrogen-bond donors (Lipinski definition) is 1. The minimum Gasteiger partial charge on any atom is -0.496 e.